The van der Waals surface area contributed by atoms with Crippen LogP contribution < -0.4 is 10.1 Å². The number of hydrogen-bond acceptors (Lipinski definition) is 4. The topological polar surface area (TPSA) is 75.7 Å². The van der Waals surface area contributed by atoms with Crippen LogP contribution in [0.5, 0.6) is 5.75 Å². The zero-order chi connectivity index (χ0) is 21.1. The molecule has 1 atom stereocenters. The van der Waals surface area contributed by atoms with E-state index in [1.807, 2.05) is 38.1 Å². The van der Waals surface area contributed by atoms with Gasteiger partial charge in [0.05, 0.1) is 17.4 Å². The molecule has 0 unspecified atom stereocenters. The van der Waals surface area contributed by atoms with Gasteiger partial charge >= 0.3 is 0 Å². The number of carbonyl (C=O) groups excluding carboxylic acids is 1. The van der Waals surface area contributed by atoms with Crippen molar-refractivity contribution in [1.29, 1.82) is 0 Å². The van der Waals surface area contributed by atoms with Gasteiger partial charge < -0.3 is 10.1 Å². The van der Waals surface area contributed by atoms with Crippen molar-refractivity contribution in [2.75, 3.05) is 20.2 Å². The molecule has 0 aromatic heterocycles. The lowest BCUT2D eigenvalue weighted by molar-refractivity contribution is -0.132. The van der Waals surface area contributed by atoms with E-state index >= 15 is 0 Å². The second-order valence-corrected chi connectivity index (χ2v) is 9.78. The minimum absolute atomic E-state index is 0.128. The summed E-state index contributed by atoms with van der Waals surface area (Å²) in [5.74, 6) is 0.633. The van der Waals surface area contributed by atoms with Crippen molar-refractivity contribution in [3.63, 3.8) is 0 Å². The number of rotatable bonds is 6. The quantitative estimate of drug-likeness (QED) is 0.785. The van der Waals surface area contributed by atoms with Gasteiger partial charge in [0, 0.05) is 19.6 Å². The Hall–Kier alpha value is -2.38. The van der Waals surface area contributed by atoms with Gasteiger partial charge in [-0.2, -0.15) is 4.31 Å². The molecule has 156 valence electrons. The fourth-order valence-electron chi connectivity index (χ4n) is 3.58. The fraction of sp³-hybridized carbons (Fsp3) is 0.409. The van der Waals surface area contributed by atoms with E-state index in [2.05, 4.69) is 5.32 Å². The lowest BCUT2D eigenvalue weighted by Gasteiger charge is -2.38. The Labute approximate surface area is 172 Å². The van der Waals surface area contributed by atoms with E-state index < -0.39 is 15.4 Å². The molecule has 29 heavy (non-hydrogen) atoms. The maximum absolute atomic E-state index is 13.0. The van der Waals surface area contributed by atoms with E-state index in [0.717, 1.165) is 16.9 Å². The molecule has 1 fully saturated rings. The van der Waals surface area contributed by atoms with Gasteiger partial charge in [0.15, 0.2) is 0 Å². The number of nitrogens with one attached hydrogen (secondary N) is 1. The largest absolute Gasteiger partial charge is 0.497 e. The average Bonchev–Trinajstić information content (AvgIpc) is 2.72. The molecule has 2 aromatic rings. The minimum atomic E-state index is -3.62. The summed E-state index contributed by atoms with van der Waals surface area (Å²) in [6, 6.07) is 14.3. The number of nitrogens with zero attached hydrogens (tertiary/aromatic N) is 1. The third-order valence-electron chi connectivity index (χ3n) is 5.48. The number of methoxy groups -OCH3 is 1. The lowest BCUT2D eigenvalue weighted by atomic mass is 9.82. The molecule has 1 amide bonds. The first-order valence-electron chi connectivity index (χ1n) is 9.73. The summed E-state index contributed by atoms with van der Waals surface area (Å²) in [5, 5.41) is 2.96. The summed E-state index contributed by atoms with van der Waals surface area (Å²) in [4.78, 5) is 13.2. The number of sulfonamides is 1. The number of amides is 1. The Morgan fingerprint density at radius 1 is 1.14 bits per heavy atom. The Morgan fingerprint density at radius 3 is 2.41 bits per heavy atom. The second kappa shape index (κ2) is 8.55. The molecule has 1 aliphatic rings. The number of aryl methyl sites for hydroxylation is 1. The van der Waals surface area contributed by atoms with E-state index in [0.29, 0.717) is 25.9 Å². The van der Waals surface area contributed by atoms with Gasteiger partial charge in [-0.1, -0.05) is 29.8 Å². The van der Waals surface area contributed by atoms with Crippen molar-refractivity contribution >= 4 is 15.9 Å². The normalized spacial score (nSPS) is 20.2. The monoisotopic (exact) mass is 416 g/mol. The molecule has 3 rings (SSSR count). The molecule has 1 saturated heterocycles. The van der Waals surface area contributed by atoms with Gasteiger partial charge in [-0.15, -0.1) is 0 Å². The maximum Gasteiger partial charge on any atom is 0.243 e. The van der Waals surface area contributed by atoms with Crippen molar-refractivity contribution in [2.45, 2.75) is 38.1 Å². The standard InChI is InChI=1S/C22H28N2O4S/c1-17-5-11-20(12-6-17)29(26,27)24-14-4-13-22(2,16-24)21(25)23-15-18-7-9-19(28-3)10-8-18/h5-12H,4,13-16H2,1-3H3,(H,23,25)/t22-/m0/s1. The van der Waals surface area contributed by atoms with E-state index in [1.165, 1.54) is 4.31 Å². The number of piperidine rings is 1. The summed E-state index contributed by atoms with van der Waals surface area (Å²) in [6.07, 6.45) is 1.30. The maximum atomic E-state index is 13.0. The first kappa shape index (κ1) is 21.3. The van der Waals surface area contributed by atoms with Gasteiger partial charge in [0.1, 0.15) is 5.75 Å². The van der Waals surface area contributed by atoms with Crippen LogP contribution >= 0.6 is 0 Å². The molecule has 0 radical (unpaired) electrons. The summed E-state index contributed by atoms with van der Waals surface area (Å²) in [5.41, 5.74) is 1.20. The van der Waals surface area contributed by atoms with Crippen LogP contribution in [0, 0.1) is 12.3 Å². The highest BCUT2D eigenvalue weighted by atomic mass is 32.2. The van der Waals surface area contributed by atoms with E-state index in [4.69, 9.17) is 4.74 Å². The zero-order valence-electron chi connectivity index (χ0n) is 17.1. The smallest absolute Gasteiger partial charge is 0.243 e. The molecule has 1 heterocycles. The van der Waals surface area contributed by atoms with Crippen LogP contribution in [0.1, 0.15) is 30.9 Å². The van der Waals surface area contributed by atoms with Crippen molar-refractivity contribution < 1.29 is 17.9 Å². The molecule has 0 saturated carbocycles. The number of hydrogen-bond donors (Lipinski definition) is 1. The van der Waals surface area contributed by atoms with Crippen molar-refractivity contribution in [2.24, 2.45) is 5.41 Å². The molecule has 0 bridgehead atoms. The highest BCUT2D eigenvalue weighted by Crippen LogP contribution is 2.33. The summed E-state index contributed by atoms with van der Waals surface area (Å²) >= 11 is 0. The van der Waals surface area contributed by atoms with Gasteiger partial charge in [0.25, 0.3) is 0 Å². The predicted molar refractivity (Wildman–Crippen MR) is 112 cm³/mol. The molecule has 7 heteroatoms. The Morgan fingerprint density at radius 2 is 1.79 bits per heavy atom. The number of carbonyl (C=O) groups is 1. The molecule has 1 aliphatic heterocycles. The van der Waals surface area contributed by atoms with Crippen LogP contribution in [0.4, 0.5) is 0 Å². The van der Waals surface area contributed by atoms with Crippen LogP contribution in [-0.2, 0) is 21.4 Å². The molecule has 0 spiro atoms. The Bertz CT molecular complexity index is 955. The second-order valence-electron chi connectivity index (χ2n) is 7.85. The lowest BCUT2D eigenvalue weighted by Crippen LogP contribution is -2.51. The molecule has 6 nitrogen and oxygen atoms in total. The van der Waals surface area contributed by atoms with Crippen molar-refractivity contribution in [1.82, 2.24) is 9.62 Å². The molecule has 1 N–H and O–H groups in total. The fourth-order valence-corrected chi connectivity index (χ4v) is 5.18. The summed E-state index contributed by atoms with van der Waals surface area (Å²) in [6.45, 7) is 4.76. The first-order chi connectivity index (χ1) is 13.7. The number of benzene rings is 2. The van der Waals surface area contributed by atoms with Crippen LogP contribution in [0.25, 0.3) is 0 Å². The van der Waals surface area contributed by atoms with Crippen molar-refractivity contribution in [3.8, 4) is 5.75 Å². The van der Waals surface area contributed by atoms with Crippen LogP contribution in [0.15, 0.2) is 53.4 Å². The summed E-state index contributed by atoms with van der Waals surface area (Å²) in [7, 11) is -2.01. The van der Waals surface area contributed by atoms with Gasteiger partial charge in [0.2, 0.25) is 15.9 Å². The molecule has 2 aromatic carbocycles. The van der Waals surface area contributed by atoms with E-state index in [1.54, 1.807) is 31.4 Å². The predicted octanol–water partition coefficient (Wildman–Crippen LogP) is 3.11. The van der Waals surface area contributed by atoms with Gasteiger partial charge in [-0.3, -0.25) is 4.79 Å². The van der Waals surface area contributed by atoms with Crippen LogP contribution in [0.3, 0.4) is 0 Å². The molecular weight excluding hydrogens is 388 g/mol. The minimum Gasteiger partial charge on any atom is -0.497 e. The summed E-state index contributed by atoms with van der Waals surface area (Å²) < 4.78 is 32.6. The van der Waals surface area contributed by atoms with Gasteiger partial charge in [-0.05, 0) is 56.5 Å². The Kier molecular flexibility index (Phi) is 6.29. The van der Waals surface area contributed by atoms with Crippen LogP contribution in [-0.4, -0.2) is 38.8 Å². The SMILES string of the molecule is COc1ccc(CNC(=O)[C@@]2(C)CCCN(S(=O)(=O)c3ccc(C)cc3)C2)cc1. The average molecular weight is 417 g/mol. The van der Waals surface area contributed by atoms with Crippen LogP contribution in [0.2, 0.25) is 0 Å². The number of ether oxygens (including phenoxy) is 1. The zero-order valence-corrected chi connectivity index (χ0v) is 18.0. The molecule has 0 aliphatic carbocycles. The highest BCUT2D eigenvalue weighted by Gasteiger charge is 2.41. The van der Waals surface area contributed by atoms with Gasteiger partial charge in [-0.25, -0.2) is 8.42 Å². The van der Waals surface area contributed by atoms with E-state index in [9.17, 15) is 13.2 Å². The highest BCUT2D eigenvalue weighted by molar-refractivity contribution is 7.89. The van der Waals surface area contributed by atoms with E-state index in [-0.39, 0.29) is 17.3 Å². The first-order valence-corrected chi connectivity index (χ1v) is 11.2. The Balaban J connectivity index is 1.68. The van der Waals surface area contributed by atoms with Crippen molar-refractivity contribution in [3.05, 3.63) is 59.7 Å². The molecular formula is C22H28N2O4S. The third-order valence-corrected chi connectivity index (χ3v) is 7.34. The third kappa shape index (κ3) is 4.79.